The van der Waals surface area contributed by atoms with Crippen LogP contribution >= 0.6 is 0 Å². The van der Waals surface area contributed by atoms with E-state index in [0.717, 1.165) is 5.92 Å². The average molecular weight is 111 g/mol. The van der Waals surface area contributed by atoms with Crippen molar-refractivity contribution in [3.05, 3.63) is 6.10 Å². The van der Waals surface area contributed by atoms with Gasteiger partial charge in [0, 0.05) is 0 Å². The number of ether oxygens (including phenoxy) is 1. The molecule has 2 aliphatic rings. The van der Waals surface area contributed by atoms with Crippen molar-refractivity contribution in [2.75, 3.05) is 0 Å². The molecule has 0 N–H and O–H groups in total. The fraction of sp³-hybridized carbons (Fsp3) is 0.857. The first-order valence-electron chi connectivity index (χ1n) is 3.38. The monoisotopic (exact) mass is 111 g/mol. The van der Waals surface area contributed by atoms with E-state index in [0.29, 0.717) is 6.10 Å². The molecule has 1 aliphatic heterocycles. The van der Waals surface area contributed by atoms with Gasteiger partial charge in [-0.2, -0.15) is 0 Å². The van der Waals surface area contributed by atoms with Crippen LogP contribution in [-0.4, -0.2) is 6.10 Å². The molecule has 1 radical (unpaired) electrons. The number of rotatable bonds is 0. The summed E-state index contributed by atoms with van der Waals surface area (Å²) >= 11 is 0. The van der Waals surface area contributed by atoms with Crippen LogP contribution < -0.4 is 0 Å². The van der Waals surface area contributed by atoms with E-state index in [4.69, 9.17) is 4.74 Å². The van der Waals surface area contributed by atoms with Gasteiger partial charge in [0.05, 0.1) is 6.10 Å². The smallest absolute Gasteiger partial charge is 0.126 e. The predicted molar refractivity (Wildman–Crippen MR) is 31.1 cm³/mol. The van der Waals surface area contributed by atoms with Crippen molar-refractivity contribution in [1.29, 1.82) is 0 Å². The number of hydrogen-bond acceptors (Lipinski definition) is 1. The molecule has 2 fully saturated rings. The normalized spacial score (nSPS) is 46.1. The van der Waals surface area contributed by atoms with Crippen molar-refractivity contribution in [2.24, 2.45) is 5.92 Å². The van der Waals surface area contributed by atoms with Crippen molar-refractivity contribution in [2.45, 2.75) is 32.3 Å². The maximum Gasteiger partial charge on any atom is 0.126 e. The minimum Gasteiger partial charge on any atom is -0.363 e. The molecule has 0 bridgehead atoms. The van der Waals surface area contributed by atoms with Crippen molar-refractivity contribution in [3.8, 4) is 0 Å². The topological polar surface area (TPSA) is 12.5 Å². The molecule has 0 spiro atoms. The van der Waals surface area contributed by atoms with Crippen LogP contribution in [0.15, 0.2) is 0 Å². The lowest BCUT2D eigenvalue weighted by molar-refractivity contribution is 0.379. The zero-order valence-corrected chi connectivity index (χ0v) is 5.18. The summed E-state index contributed by atoms with van der Waals surface area (Å²) in [6.45, 7) is 2.30. The van der Waals surface area contributed by atoms with Gasteiger partial charge in [0.1, 0.15) is 6.10 Å². The van der Waals surface area contributed by atoms with Crippen molar-refractivity contribution in [1.82, 2.24) is 0 Å². The van der Waals surface area contributed by atoms with Gasteiger partial charge in [0.2, 0.25) is 0 Å². The fourth-order valence-corrected chi connectivity index (χ4v) is 1.42. The summed E-state index contributed by atoms with van der Waals surface area (Å²) in [5, 5.41) is 0. The van der Waals surface area contributed by atoms with Gasteiger partial charge in [-0.3, -0.25) is 0 Å². The number of fused-ring (bicyclic) bond motifs is 1. The van der Waals surface area contributed by atoms with Crippen LogP contribution in [0.3, 0.4) is 0 Å². The Morgan fingerprint density at radius 2 is 2.50 bits per heavy atom. The average Bonchev–Trinajstić information content (AvgIpc) is 2.43. The summed E-state index contributed by atoms with van der Waals surface area (Å²) in [5.74, 6) is 0.909. The Balaban J connectivity index is 1.93. The predicted octanol–water partition coefficient (Wildman–Crippen LogP) is 1.74. The quantitative estimate of drug-likeness (QED) is 0.434. The maximum atomic E-state index is 5.26. The van der Waals surface area contributed by atoms with E-state index in [2.05, 4.69) is 6.92 Å². The highest BCUT2D eigenvalue weighted by Gasteiger charge is 2.43. The largest absolute Gasteiger partial charge is 0.363 e. The molecule has 1 heteroatoms. The lowest BCUT2D eigenvalue weighted by atomic mass is 9.91. The Morgan fingerprint density at radius 3 is 3.12 bits per heavy atom. The first kappa shape index (κ1) is 4.80. The third kappa shape index (κ3) is 0.655. The summed E-state index contributed by atoms with van der Waals surface area (Å²) in [7, 11) is 0. The minimum atomic E-state index is 0.596. The van der Waals surface area contributed by atoms with E-state index >= 15 is 0 Å². The zero-order chi connectivity index (χ0) is 5.56. The van der Waals surface area contributed by atoms with Crippen LogP contribution in [0.4, 0.5) is 0 Å². The Labute approximate surface area is 50.0 Å². The zero-order valence-electron chi connectivity index (χ0n) is 5.18. The molecule has 0 aromatic carbocycles. The molecule has 0 aromatic rings. The maximum absolute atomic E-state index is 5.26. The van der Waals surface area contributed by atoms with Gasteiger partial charge in [-0.1, -0.05) is 6.92 Å². The molecular formula is C7H11O. The molecule has 1 saturated carbocycles. The molecule has 0 aromatic heterocycles. The van der Waals surface area contributed by atoms with Crippen molar-refractivity contribution >= 4 is 0 Å². The second kappa shape index (κ2) is 1.47. The number of epoxide rings is 1. The fourth-order valence-electron chi connectivity index (χ4n) is 1.42. The third-order valence-corrected chi connectivity index (χ3v) is 2.10. The molecule has 2 rings (SSSR count). The van der Waals surface area contributed by atoms with E-state index in [9.17, 15) is 0 Å². The SMILES string of the molecule is CC1CC[C]2OC2C1. The van der Waals surface area contributed by atoms with E-state index in [1.165, 1.54) is 25.4 Å². The highest BCUT2D eigenvalue weighted by Crippen LogP contribution is 2.45. The van der Waals surface area contributed by atoms with Gasteiger partial charge in [-0.05, 0) is 25.2 Å². The summed E-state index contributed by atoms with van der Waals surface area (Å²) in [5.41, 5.74) is 0. The Hall–Kier alpha value is -0.0400. The van der Waals surface area contributed by atoms with E-state index in [1.807, 2.05) is 0 Å². The molecular weight excluding hydrogens is 100 g/mol. The van der Waals surface area contributed by atoms with Gasteiger partial charge >= 0.3 is 0 Å². The van der Waals surface area contributed by atoms with E-state index in [-0.39, 0.29) is 0 Å². The van der Waals surface area contributed by atoms with Crippen molar-refractivity contribution < 1.29 is 4.74 Å². The molecule has 1 saturated heterocycles. The van der Waals surface area contributed by atoms with Gasteiger partial charge in [-0.15, -0.1) is 0 Å². The molecule has 45 valence electrons. The first-order valence-corrected chi connectivity index (χ1v) is 3.38. The summed E-state index contributed by atoms with van der Waals surface area (Å²) in [6.07, 6.45) is 5.86. The minimum absolute atomic E-state index is 0.596. The summed E-state index contributed by atoms with van der Waals surface area (Å²) < 4.78 is 5.26. The lowest BCUT2D eigenvalue weighted by Crippen LogP contribution is -2.05. The second-order valence-corrected chi connectivity index (χ2v) is 2.95. The molecule has 1 nitrogen and oxygen atoms in total. The van der Waals surface area contributed by atoms with E-state index < -0.39 is 0 Å². The molecule has 2 unspecified atom stereocenters. The Kier molecular flexibility index (Phi) is 0.884. The van der Waals surface area contributed by atoms with Crippen LogP contribution in [0.2, 0.25) is 0 Å². The molecule has 8 heavy (non-hydrogen) atoms. The van der Waals surface area contributed by atoms with E-state index in [1.54, 1.807) is 0 Å². The molecule has 1 heterocycles. The van der Waals surface area contributed by atoms with Gasteiger partial charge in [0.15, 0.2) is 0 Å². The first-order chi connectivity index (χ1) is 3.86. The van der Waals surface area contributed by atoms with Crippen molar-refractivity contribution in [3.63, 3.8) is 0 Å². The van der Waals surface area contributed by atoms with Gasteiger partial charge in [0.25, 0.3) is 0 Å². The second-order valence-electron chi connectivity index (χ2n) is 2.95. The van der Waals surface area contributed by atoms with Crippen LogP contribution in [0.1, 0.15) is 26.2 Å². The molecule has 1 aliphatic carbocycles. The summed E-state index contributed by atoms with van der Waals surface area (Å²) in [4.78, 5) is 0. The lowest BCUT2D eigenvalue weighted by Gasteiger charge is -2.11. The third-order valence-electron chi connectivity index (χ3n) is 2.10. The van der Waals surface area contributed by atoms with Gasteiger partial charge < -0.3 is 4.74 Å². The van der Waals surface area contributed by atoms with Crippen LogP contribution in [-0.2, 0) is 4.74 Å². The highest BCUT2D eigenvalue weighted by atomic mass is 16.6. The van der Waals surface area contributed by atoms with Crippen LogP contribution in [0.25, 0.3) is 0 Å². The van der Waals surface area contributed by atoms with Crippen LogP contribution in [0, 0.1) is 12.0 Å². The Bertz CT molecular complexity index is 101. The molecule has 0 amide bonds. The standard InChI is InChI=1S/C7H11O/c1-5-2-3-6-7(4-5)8-6/h5,7H,2-4H2,1H3. The van der Waals surface area contributed by atoms with Crippen LogP contribution in [0.5, 0.6) is 0 Å². The summed E-state index contributed by atoms with van der Waals surface area (Å²) in [6, 6.07) is 0. The highest BCUT2D eigenvalue weighted by molar-refractivity contribution is 5.06. The number of hydrogen-bond donors (Lipinski definition) is 0. The van der Waals surface area contributed by atoms with Gasteiger partial charge in [-0.25, -0.2) is 0 Å². The Morgan fingerprint density at radius 1 is 1.62 bits per heavy atom. The molecule has 2 atom stereocenters.